The van der Waals surface area contributed by atoms with Gasteiger partial charge in [-0.15, -0.1) is 24.8 Å². The number of hydrogen-bond acceptors (Lipinski definition) is 4. The van der Waals surface area contributed by atoms with E-state index < -0.39 is 0 Å². The molecule has 8 heteroatoms. The number of aromatic nitrogens is 1. The van der Waals surface area contributed by atoms with Gasteiger partial charge in [0.15, 0.2) is 0 Å². The van der Waals surface area contributed by atoms with E-state index in [2.05, 4.69) is 15.7 Å². The highest BCUT2D eigenvalue weighted by molar-refractivity contribution is 5.87. The van der Waals surface area contributed by atoms with Crippen molar-refractivity contribution < 1.29 is 9.59 Å². The number of hydrazine groups is 1. The summed E-state index contributed by atoms with van der Waals surface area (Å²) in [7, 11) is 0. The molecule has 6 nitrogen and oxygen atoms in total. The van der Waals surface area contributed by atoms with E-state index in [9.17, 15) is 9.59 Å². The Morgan fingerprint density at radius 1 is 1.00 bits per heavy atom. The van der Waals surface area contributed by atoms with Gasteiger partial charge in [0.25, 0.3) is 0 Å². The summed E-state index contributed by atoms with van der Waals surface area (Å²) in [6.07, 6.45) is 1.88. The third-order valence-electron chi connectivity index (χ3n) is 3.33. The zero-order valence-corrected chi connectivity index (χ0v) is 15.5. The average Bonchev–Trinajstić information content (AvgIpc) is 2.54. The number of halogens is 2. The number of nitrogens with one attached hydrogen (secondary N) is 2. The number of anilines is 1. The molecule has 0 saturated carbocycles. The maximum atomic E-state index is 11.2. The van der Waals surface area contributed by atoms with Crippen molar-refractivity contribution in [3.05, 3.63) is 59.3 Å². The van der Waals surface area contributed by atoms with Crippen LogP contribution in [0.5, 0.6) is 0 Å². The smallest absolute Gasteiger partial charge is 0.238 e. The van der Waals surface area contributed by atoms with Crippen molar-refractivity contribution in [1.82, 2.24) is 10.4 Å². The van der Waals surface area contributed by atoms with Crippen LogP contribution in [0.15, 0.2) is 42.5 Å². The van der Waals surface area contributed by atoms with Crippen molar-refractivity contribution >= 4 is 42.4 Å². The van der Waals surface area contributed by atoms with Crippen LogP contribution in [0.4, 0.5) is 5.82 Å². The number of carbonyl (C=O) groups excluding carboxylic acids is 2. The molecule has 136 valence electrons. The molecule has 2 amide bonds. The standard InChI is InChI=1S/C17H20N4O2.2ClH/c1-12(22)19-16-4-2-3-15(20-16)10-9-13-5-7-14(8-6-13)11-17(23)21-18;;/h2-8H,9-11,18H2,1H3,(H,21,23)(H,19,20,22);2*1H. The van der Waals surface area contributed by atoms with Crippen LogP contribution < -0.4 is 16.6 Å². The van der Waals surface area contributed by atoms with Gasteiger partial charge in [-0.3, -0.25) is 15.0 Å². The number of amides is 2. The van der Waals surface area contributed by atoms with E-state index in [-0.39, 0.29) is 43.0 Å². The van der Waals surface area contributed by atoms with Gasteiger partial charge in [0.2, 0.25) is 11.8 Å². The molecule has 1 aromatic carbocycles. The third-order valence-corrected chi connectivity index (χ3v) is 3.33. The SMILES string of the molecule is CC(=O)Nc1cccc(CCc2ccc(CC(=O)NN)cc2)n1.Cl.Cl. The Morgan fingerprint density at radius 2 is 1.64 bits per heavy atom. The van der Waals surface area contributed by atoms with Crippen LogP contribution in [0.25, 0.3) is 0 Å². The first kappa shape index (κ1) is 22.9. The summed E-state index contributed by atoms with van der Waals surface area (Å²) in [4.78, 5) is 26.7. The summed E-state index contributed by atoms with van der Waals surface area (Å²) >= 11 is 0. The molecule has 1 heterocycles. The van der Waals surface area contributed by atoms with Crippen molar-refractivity contribution in [2.75, 3.05) is 5.32 Å². The molecule has 25 heavy (non-hydrogen) atoms. The first-order chi connectivity index (χ1) is 11.1. The van der Waals surface area contributed by atoms with Crippen LogP contribution in [0.2, 0.25) is 0 Å². The molecule has 2 rings (SSSR count). The molecule has 0 spiro atoms. The highest BCUT2D eigenvalue weighted by atomic mass is 35.5. The number of benzene rings is 1. The molecule has 0 saturated heterocycles. The zero-order chi connectivity index (χ0) is 16.7. The molecule has 0 fully saturated rings. The van der Waals surface area contributed by atoms with Gasteiger partial charge < -0.3 is 5.32 Å². The lowest BCUT2D eigenvalue weighted by atomic mass is 10.0. The molecule has 0 unspecified atom stereocenters. The van der Waals surface area contributed by atoms with Crippen molar-refractivity contribution in [2.45, 2.75) is 26.2 Å². The number of carbonyl (C=O) groups is 2. The Bertz CT molecular complexity index is 693. The first-order valence-corrected chi connectivity index (χ1v) is 7.37. The number of aryl methyl sites for hydroxylation is 2. The summed E-state index contributed by atoms with van der Waals surface area (Å²) in [5.74, 6) is 5.30. The van der Waals surface area contributed by atoms with Gasteiger partial charge in [-0.1, -0.05) is 30.3 Å². The van der Waals surface area contributed by atoms with Crippen LogP contribution in [-0.4, -0.2) is 16.8 Å². The largest absolute Gasteiger partial charge is 0.311 e. The van der Waals surface area contributed by atoms with E-state index in [1.165, 1.54) is 6.92 Å². The second-order valence-corrected chi connectivity index (χ2v) is 5.26. The molecule has 0 bridgehead atoms. The molecule has 1 aromatic heterocycles. The van der Waals surface area contributed by atoms with Gasteiger partial charge >= 0.3 is 0 Å². The van der Waals surface area contributed by atoms with E-state index in [4.69, 9.17) is 5.84 Å². The van der Waals surface area contributed by atoms with E-state index in [0.29, 0.717) is 5.82 Å². The number of nitrogens with zero attached hydrogens (tertiary/aromatic N) is 1. The normalized spacial score (nSPS) is 9.36. The van der Waals surface area contributed by atoms with Gasteiger partial charge in [-0.25, -0.2) is 10.8 Å². The Hall–Kier alpha value is -2.15. The second kappa shape index (κ2) is 11.4. The fourth-order valence-corrected chi connectivity index (χ4v) is 2.20. The van der Waals surface area contributed by atoms with Gasteiger partial charge in [0.1, 0.15) is 5.82 Å². The lowest BCUT2D eigenvalue weighted by Gasteiger charge is -2.06. The Balaban J connectivity index is 0.00000288. The molecule has 4 N–H and O–H groups in total. The molecule has 0 aliphatic heterocycles. The fourth-order valence-electron chi connectivity index (χ4n) is 2.20. The minimum Gasteiger partial charge on any atom is -0.311 e. The van der Waals surface area contributed by atoms with E-state index in [1.54, 1.807) is 6.07 Å². The highest BCUT2D eigenvalue weighted by Gasteiger charge is 2.03. The lowest BCUT2D eigenvalue weighted by molar-refractivity contribution is -0.120. The van der Waals surface area contributed by atoms with Crippen LogP contribution in [0.3, 0.4) is 0 Å². The maximum Gasteiger partial charge on any atom is 0.238 e. The zero-order valence-electron chi connectivity index (χ0n) is 13.8. The van der Waals surface area contributed by atoms with Crippen LogP contribution in [0.1, 0.15) is 23.7 Å². The van der Waals surface area contributed by atoms with Crippen LogP contribution in [0, 0.1) is 0 Å². The first-order valence-electron chi connectivity index (χ1n) is 7.37. The fraction of sp³-hybridized carbons (Fsp3) is 0.235. The predicted molar refractivity (Wildman–Crippen MR) is 103 cm³/mol. The molecular formula is C17H22Cl2N4O2. The quantitative estimate of drug-likeness (QED) is 0.404. The molecular weight excluding hydrogens is 363 g/mol. The van der Waals surface area contributed by atoms with Crippen LogP contribution >= 0.6 is 24.8 Å². The second-order valence-electron chi connectivity index (χ2n) is 5.26. The molecule has 2 aromatic rings. The Labute approximate surface area is 159 Å². The summed E-state index contributed by atoms with van der Waals surface area (Å²) in [6.45, 7) is 1.46. The van der Waals surface area contributed by atoms with Crippen molar-refractivity contribution in [2.24, 2.45) is 5.84 Å². The Morgan fingerprint density at radius 3 is 2.24 bits per heavy atom. The summed E-state index contributed by atoms with van der Waals surface area (Å²) < 4.78 is 0. The molecule has 0 aliphatic rings. The van der Waals surface area contributed by atoms with Crippen LogP contribution in [-0.2, 0) is 28.9 Å². The minimum atomic E-state index is -0.211. The van der Waals surface area contributed by atoms with Crippen molar-refractivity contribution in [3.8, 4) is 0 Å². The highest BCUT2D eigenvalue weighted by Crippen LogP contribution is 2.11. The lowest BCUT2D eigenvalue weighted by Crippen LogP contribution is -2.31. The van der Waals surface area contributed by atoms with Gasteiger partial charge in [0, 0.05) is 12.6 Å². The van der Waals surface area contributed by atoms with E-state index in [0.717, 1.165) is 29.7 Å². The molecule has 0 radical (unpaired) electrons. The van der Waals surface area contributed by atoms with Gasteiger partial charge in [-0.05, 0) is 36.1 Å². The maximum absolute atomic E-state index is 11.2. The number of rotatable bonds is 6. The summed E-state index contributed by atoms with van der Waals surface area (Å²) in [5, 5.41) is 2.68. The van der Waals surface area contributed by atoms with Gasteiger partial charge in [0.05, 0.1) is 6.42 Å². The topological polar surface area (TPSA) is 97.1 Å². The monoisotopic (exact) mass is 384 g/mol. The number of hydrogen-bond donors (Lipinski definition) is 3. The number of nitrogens with two attached hydrogens (primary N) is 1. The van der Waals surface area contributed by atoms with Gasteiger partial charge in [-0.2, -0.15) is 0 Å². The summed E-state index contributed by atoms with van der Waals surface area (Å²) in [6, 6.07) is 13.4. The van der Waals surface area contributed by atoms with E-state index in [1.807, 2.05) is 36.4 Å². The molecule has 0 aliphatic carbocycles. The van der Waals surface area contributed by atoms with Crippen molar-refractivity contribution in [3.63, 3.8) is 0 Å². The Kier molecular flexibility index (Phi) is 10.4. The predicted octanol–water partition coefficient (Wildman–Crippen LogP) is 2.20. The number of pyridine rings is 1. The average molecular weight is 385 g/mol. The third kappa shape index (κ3) is 7.98. The van der Waals surface area contributed by atoms with E-state index >= 15 is 0 Å². The minimum absolute atomic E-state index is 0. The van der Waals surface area contributed by atoms with Crippen molar-refractivity contribution in [1.29, 1.82) is 0 Å². The summed E-state index contributed by atoms with van der Waals surface area (Å²) in [5.41, 5.74) is 5.12. The molecule has 0 atom stereocenters.